The van der Waals surface area contributed by atoms with Gasteiger partial charge in [-0.15, -0.1) is 0 Å². The third-order valence-electron chi connectivity index (χ3n) is 1.87. The van der Waals surface area contributed by atoms with Gasteiger partial charge in [0.25, 0.3) is 0 Å². The van der Waals surface area contributed by atoms with Gasteiger partial charge in [0, 0.05) is 19.0 Å². The molecule has 0 aliphatic carbocycles. The first kappa shape index (κ1) is 9.52. The Bertz CT molecular complexity index is 247. The number of rotatable bonds is 2. The number of carbonyl (C=O) groups excluding carboxylic acids is 2. The van der Waals surface area contributed by atoms with Crippen molar-refractivity contribution in [2.75, 3.05) is 6.54 Å². The summed E-state index contributed by atoms with van der Waals surface area (Å²) < 4.78 is 0. The van der Waals surface area contributed by atoms with E-state index in [1.807, 2.05) is 0 Å². The molecule has 13 heavy (non-hydrogen) atoms. The Morgan fingerprint density at radius 3 is 3.08 bits per heavy atom. The van der Waals surface area contributed by atoms with Gasteiger partial charge < -0.3 is 10.6 Å². The van der Waals surface area contributed by atoms with Crippen LogP contribution in [0.1, 0.15) is 19.3 Å². The number of hydrogen-bond acceptors (Lipinski definition) is 3. The Labute approximate surface area is 76.1 Å². The van der Waals surface area contributed by atoms with Crippen LogP contribution >= 0.6 is 0 Å². The largest absolute Gasteiger partial charge is 0.354 e. The van der Waals surface area contributed by atoms with Crippen molar-refractivity contribution in [2.45, 2.75) is 25.3 Å². The summed E-state index contributed by atoms with van der Waals surface area (Å²) in [6.07, 6.45) is 0.977. The predicted octanol–water partition coefficient (Wildman–Crippen LogP) is -0.705. The van der Waals surface area contributed by atoms with Gasteiger partial charge in [-0.1, -0.05) is 0 Å². The van der Waals surface area contributed by atoms with E-state index >= 15 is 0 Å². The molecule has 1 rings (SSSR count). The van der Waals surface area contributed by atoms with Crippen LogP contribution in [0.2, 0.25) is 0 Å². The quantitative estimate of drug-likeness (QED) is 0.590. The average molecular weight is 181 g/mol. The van der Waals surface area contributed by atoms with Gasteiger partial charge in [-0.2, -0.15) is 5.26 Å². The molecule has 70 valence electrons. The molecular formula is C8H11N3O2. The van der Waals surface area contributed by atoms with Crippen molar-refractivity contribution in [1.29, 1.82) is 5.26 Å². The first-order valence-electron chi connectivity index (χ1n) is 4.15. The number of amides is 2. The number of carbonyl (C=O) groups is 2. The molecule has 1 aliphatic heterocycles. The molecule has 2 amide bonds. The number of nitrogens with zero attached hydrogens (tertiary/aromatic N) is 1. The van der Waals surface area contributed by atoms with Crippen molar-refractivity contribution in [1.82, 2.24) is 10.6 Å². The van der Waals surface area contributed by atoms with Crippen molar-refractivity contribution >= 4 is 11.8 Å². The fraction of sp³-hybridized carbons (Fsp3) is 0.625. The van der Waals surface area contributed by atoms with E-state index < -0.39 is 0 Å². The van der Waals surface area contributed by atoms with E-state index in [-0.39, 0.29) is 24.3 Å². The van der Waals surface area contributed by atoms with E-state index in [0.717, 1.165) is 0 Å². The third-order valence-corrected chi connectivity index (χ3v) is 1.87. The van der Waals surface area contributed by atoms with E-state index in [1.54, 1.807) is 6.07 Å². The second-order valence-corrected chi connectivity index (χ2v) is 2.94. The molecule has 5 heteroatoms. The van der Waals surface area contributed by atoms with Crippen LogP contribution in [-0.2, 0) is 9.59 Å². The molecule has 2 N–H and O–H groups in total. The highest BCUT2D eigenvalue weighted by molar-refractivity contribution is 5.80. The molecule has 5 nitrogen and oxygen atoms in total. The molecule has 0 bridgehead atoms. The third kappa shape index (κ3) is 3.11. The monoisotopic (exact) mass is 181 g/mol. The van der Waals surface area contributed by atoms with Gasteiger partial charge in [-0.3, -0.25) is 9.59 Å². The summed E-state index contributed by atoms with van der Waals surface area (Å²) in [7, 11) is 0. The van der Waals surface area contributed by atoms with Crippen LogP contribution in [0.3, 0.4) is 0 Å². The fourth-order valence-corrected chi connectivity index (χ4v) is 1.21. The van der Waals surface area contributed by atoms with Crippen LogP contribution in [0.25, 0.3) is 0 Å². The number of hydrogen-bond donors (Lipinski definition) is 2. The van der Waals surface area contributed by atoms with Crippen molar-refractivity contribution in [3.8, 4) is 6.07 Å². The highest BCUT2D eigenvalue weighted by Crippen LogP contribution is 2.02. The first-order valence-corrected chi connectivity index (χ1v) is 4.15. The van der Waals surface area contributed by atoms with Crippen LogP contribution in [0.15, 0.2) is 0 Å². The second-order valence-electron chi connectivity index (χ2n) is 2.94. The number of piperidine rings is 1. The zero-order valence-corrected chi connectivity index (χ0v) is 7.17. The SMILES string of the molecule is N#CCC(=O)NC1CCC(=O)NC1. The Morgan fingerprint density at radius 2 is 2.54 bits per heavy atom. The van der Waals surface area contributed by atoms with Crippen molar-refractivity contribution in [3.63, 3.8) is 0 Å². The zero-order valence-electron chi connectivity index (χ0n) is 7.17. The minimum absolute atomic E-state index is 0.0152. The standard InChI is InChI=1S/C8H11N3O2/c9-4-3-8(13)11-6-1-2-7(12)10-5-6/h6H,1-3,5H2,(H,10,12)(H,11,13). The lowest BCUT2D eigenvalue weighted by Crippen LogP contribution is -2.47. The Morgan fingerprint density at radius 1 is 1.77 bits per heavy atom. The van der Waals surface area contributed by atoms with Crippen LogP contribution in [0, 0.1) is 11.3 Å². The van der Waals surface area contributed by atoms with Crippen LogP contribution in [0.5, 0.6) is 0 Å². The summed E-state index contributed by atoms with van der Waals surface area (Å²) in [4.78, 5) is 21.7. The van der Waals surface area contributed by atoms with Crippen LogP contribution in [0.4, 0.5) is 0 Å². The summed E-state index contributed by atoms with van der Waals surface area (Å²) in [5, 5.41) is 13.5. The predicted molar refractivity (Wildman–Crippen MR) is 44.4 cm³/mol. The molecule has 1 saturated heterocycles. The molecule has 0 saturated carbocycles. The summed E-state index contributed by atoms with van der Waals surface area (Å²) in [6, 6.07) is 1.75. The lowest BCUT2D eigenvalue weighted by Gasteiger charge is -2.22. The number of nitriles is 1. The maximum atomic E-state index is 10.9. The Hall–Kier alpha value is -1.57. The van der Waals surface area contributed by atoms with E-state index in [2.05, 4.69) is 10.6 Å². The molecule has 0 radical (unpaired) electrons. The minimum Gasteiger partial charge on any atom is -0.354 e. The molecule has 1 unspecified atom stereocenters. The average Bonchev–Trinajstić information content (AvgIpc) is 2.09. The Kier molecular flexibility index (Phi) is 3.26. The number of nitrogens with one attached hydrogen (secondary N) is 2. The molecule has 1 heterocycles. The lowest BCUT2D eigenvalue weighted by molar-refractivity contribution is -0.125. The summed E-state index contributed by atoms with van der Waals surface area (Å²) >= 11 is 0. The first-order chi connectivity index (χ1) is 6.22. The van der Waals surface area contributed by atoms with E-state index in [0.29, 0.717) is 19.4 Å². The van der Waals surface area contributed by atoms with Gasteiger partial charge in [-0.25, -0.2) is 0 Å². The fourth-order valence-electron chi connectivity index (χ4n) is 1.21. The van der Waals surface area contributed by atoms with Gasteiger partial charge in [-0.05, 0) is 6.42 Å². The molecular weight excluding hydrogens is 170 g/mol. The highest BCUT2D eigenvalue weighted by Gasteiger charge is 2.18. The summed E-state index contributed by atoms with van der Waals surface area (Å²) in [5.74, 6) is -0.255. The lowest BCUT2D eigenvalue weighted by atomic mass is 10.1. The zero-order chi connectivity index (χ0) is 9.68. The van der Waals surface area contributed by atoms with Gasteiger partial charge in [0.2, 0.25) is 11.8 Å². The minimum atomic E-state index is -0.274. The highest BCUT2D eigenvalue weighted by atomic mass is 16.2. The molecule has 1 aliphatic rings. The molecule has 1 fully saturated rings. The van der Waals surface area contributed by atoms with Crippen molar-refractivity contribution in [2.24, 2.45) is 0 Å². The molecule has 0 aromatic heterocycles. The van der Waals surface area contributed by atoms with Gasteiger partial charge in [0.05, 0.1) is 6.07 Å². The topological polar surface area (TPSA) is 82.0 Å². The van der Waals surface area contributed by atoms with E-state index in [4.69, 9.17) is 5.26 Å². The second kappa shape index (κ2) is 4.45. The smallest absolute Gasteiger partial charge is 0.234 e. The summed E-state index contributed by atoms with van der Waals surface area (Å²) in [6.45, 7) is 0.468. The summed E-state index contributed by atoms with van der Waals surface area (Å²) in [5.41, 5.74) is 0. The van der Waals surface area contributed by atoms with Gasteiger partial charge >= 0.3 is 0 Å². The van der Waals surface area contributed by atoms with Crippen molar-refractivity contribution in [3.05, 3.63) is 0 Å². The van der Waals surface area contributed by atoms with Crippen molar-refractivity contribution < 1.29 is 9.59 Å². The molecule has 0 aromatic rings. The van der Waals surface area contributed by atoms with Gasteiger partial charge in [0.15, 0.2) is 0 Å². The van der Waals surface area contributed by atoms with E-state index in [1.165, 1.54) is 0 Å². The molecule has 0 spiro atoms. The van der Waals surface area contributed by atoms with E-state index in [9.17, 15) is 9.59 Å². The van der Waals surface area contributed by atoms with Crippen LogP contribution < -0.4 is 10.6 Å². The Balaban J connectivity index is 2.27. The van der Waals surface area contributed by atoms with Crippen LogP contribution in [-0.4, -0.2) is 24.4 Å². The van der Waals surface area contributed by atoms with Gasteiger partial charge in [0.1, 0.15) is 6.42 Å². The molecule has 0 aromatic carbocycles. The maximum absolute atomic E-state index is 10.9. The maximum Gasteiger partial charge on any atom is 0.234 e. The molecule has 1 atom stereocenters. The normalized spacial score (nSPS) is 21.5.